The van der Waals surface area contributed by atoms with E-state index in [1.54, 1.807) is 11.8 Å². The third-order valence-corrected chi connectivity index (χ3v) is 5.31. The summed E-state index contributed by atoms with van der Waals surface area (Å²) in [6.45, 7) is 6.51. The lowest BCUT2D eigenvalue weighted by Crippen LogP contribution is -2.29. The maximum atomic E-state index is 12.8. The first-order valence-electron chi connectivity index (χ1n) is 9.23. The van der Waals surface area contributed by atoms with Crippen LogP contribution in [0.25, 0.3) is 11.0 Å². The molecule has 1 amide bonds. The largest absolute Gasteiger partial charge is 0.342 e. The Morgan fingerprint density at radius 2 is 1.85 bits per heavy atom. The van der Waals surface area contributed by atoms with Gasteiger partial charge in [0.1, 0.15) is 5.82 Å². The zero-order valence-corrected chi connectivity index (χ0v) is 17.2. The summed E-state index contributed by atoms with van der Waals surface area (Å²) in [5.41, 5.74) is 3.88. The molecule has 3 aromatic rings. The van der Waals surface area contributed by atoms with E-state index in [1.807, 2.05) is 48.5 Å². The van der Waals surface area contributed by atoms with Crippen molar-refractivity contribution in [3.05, 3.63) is 65.5 Å². The Labute approximate surface area is 165 Å². The Morgan fingerprint density at radius 3 is 2.48 bits per heavy atom. The van der Waals surface area contributed by atoms with Gasteiger partial charge in [-0.25, -0.2) is 4.98 Å². The SMILES string of the molecule is CSCCC(NC(=O)c1ccc(C(C)(C)C)cc1)c1nc2ccccc2[nH]1. The quantitative estimate of drug-likeness (QED) is 0.626. The van der Waals surface area contributed by atoms with Crippen molar-refractivity contribution < 1.29 is 4.79 Å². The summed E-state index contributed by atoms with van der Waals surface area (Å²) < 4.78 is 0. The smallest absolute Gasteiger partial charge is 0.251 e. The maximum Gasteiger partial charge on any atom is 0.251 e. The molecule has 1 atom stereocenters. The van der Waals surface area contributed by atoms with Crippen molar-refractivity contribution in [3.8, 4) is 0 Å². The number of hydrogen-bond donors (Lipinski definition) is 2. The van der Waals surface area contributed by atoms with E-state index in [2.05, 4.69) is 42.3 Å². The molecule has 2 N–H and O–H groups in total. The van der Waals surface area contributed by atoms with Crippen LogP contribution in [0.15, 0.2) is 48.5 Å². The van der Waals surface area contributed by atoms with E-state index in [0.717, 1.165) is 29.0 Å². The number of carbonyl (C=O) groups is 1. The molecule has 142 valence electrons. The highest BCUT2D eigenvalue weighted by Gasteiger charge is 2.20. The molecule has 0 bridgehead atoms. The van der Waals surface area contributed by atoms with Crippen molar-refractivity contribution in [3.63, 3.8) is 0 Å². The molecule has 0 saturated heterocycles. The van der Waals surface area contributed by atoms with Crippen LogP contribution in [0, 0.1) is 0 Å². The number of aromatic nitrogens is 2. The Bertz CT molecular complexity index is 876. The molecule has 3 rings (SSSR count). The minimum atomic E-state index is -0.139. The highest BCUT2D eigenvalue weighted by Crippen LogP contribution is 2.23. The van der Waals surface area contributed by atoms with Crippen molar-refractivity contribution in [2.75, 3.05) is 12.0 Å². The Hall–Kier alpha value is -2.27. The summed E-state index contributed by atoms with van der Waals surface area (Å²) in [6, 6.07) is 15.7. The standard InChI is InChI=1S/C22H27N3OS/c1-22(2,3)16-11-9-15(10-12-16)21(26)25-19(13-14-27-4)20-23-17-7-5-6-8-18(17)24-20/h5-12,19H,13-14H2,1-4H3,(H,23,24)(H,25,26). The maximum absolute atomic E-state index is 12.8. The number of hydrogen-bond acceptors (Lipinski definition) is 3. The molecule has 0 aliphatic carbocycles. The van der Waals surface area contributed by atoms with Gasteiger partial charge in [-0.2, -0.15) is 11.8 Å². The third-order valence-electron chi connectivity index (χ3n) is 4.67. The Balaban J connectivity index is 1.80. The first-order chi connectivity index (χ1) is 12.9. The van der Waals surface area contributed by atoms with Crippen LogP contribution in [0.2, 0.25) is 0 Å². The van der Waals surface area contributed by atoms with Crippen LogP contribution < -0.4 is 5.32 Å². The van der Waals surface area contributed by atoms with Gasteiger partial charge < -0.3 is 10.3 Å². The number of thioether (sulfide) groups is 1. The first kappa shape index (κ1) is 19.5. The molecule has 1 heterocycles. The minimum absolute atomic E-state index is 0.0676. The van der Waals surface area contributed by atoms with Crippen LogP contribution in [0.3, 0.4) is 0 Å². The summed E-state index contributed by atoms with van der Waals surface area (Å²) in [7, 11) is 0. The number of nitrogens with one attached hydrogen (secondary N) is 2. The predicted molar refractivity (Wildman–Crippen MR) is 114 cm³/mol. The van der Waals surface area contributed by atoms with E-state index < -0.39 is 0 Å². The Morgan fingerprint density at radius 1 is 1.15 bits per heavy atom. The van der Waals surface area contributed by atoms with Crippen LogP contribution in [0.5, 0.6) is 0 Å². The van der Waals surface area contributed by atoms with Gasteiger partial charge in [0, 0.05) is 5.56 Å². The Kier molecular flexibility index (Phi) is 5.90. The molecule has 0 radical (unpaired) electrons. The van der Waals surface area contributed by atoms with Crippen molar-refractivity contribution in [1.29, 1.82) is 0 Å². The van der Waals surface area contributed by atoms with E-state index in [-0.39, 0.29) is 17.4 Å². The molecule has 0 fully saturated rings. The van der Waals surface area contributed by atoms with Crippen molar-refractivity contribution in [2.24, 2.45) is 0 Å². The normalized spacial score (nSPS) is 12.9. The lowest BCUT2D eigenvalue weighted by molar-refractivity contribution is 0.0934. The second-order valence-corrected chi connectivity index (χ2v) is 8.76. The number of carbonyl (C=O) groups excluding carboxylic acids is 1. The predicted octanol–water partition coefficient (Wildman–Crippen LogP) is 5.08. The van der Waals surface area contributed by atoms with Gasteiger partial charge in [-0.05, 0) is 53.7 Å². The van der Waals surface area contributed by atoms with Gasteiger partial charge in [-0.15, -0.1) is 0 Å². The molecule has 27 heavy (non-hydrogen) atoms. The number of para-hydroxylation sites is 2. The number of nitrogens with zero attached hydrogens (tertiary/aromatic N) is 1. The number of benzene rings is 2. The van der Waals surface area contributed by atoms with Crippen molar-refractivity contribution in [2.45, 2.75) is 38.6 Å². The summed E-state index contributed by atoms with van der Waals surface area (Å²) in [5, 5.41) is 3.16. The molecule has 0 saturated carbocycles. The highest BCUT2D eigenvalue weighted by atomic mass is 32.2. The topological polar surface area (TPSA) is 57.8 Å². The van der Waals surface area contributed by atoms with E-state index in [9.17, 15) is 4.79 Å². The molecule has 2 aromatic carbocycles. The van der Waals surface area contributed by atoms with Crippen LogP contribution in [-0.4, -0.2) is 27.9 Å². The second-order valence-electron chi connectivity index (χ2n) is 7.77. The first-order valence-corrected chi connectivity index (χ1v) is 10.6. The van der Waals surface area contributed by atoms with Gasteiger partial charge in [-0.3, -0.25) is 4.79 Å². The average molecular weight is 382 g/mol. The highest BCUT2D eigenvalue weighted by molar-refractivity contribution is 7.98. The van der Waals surface area contributed by atoms with Gasteiger partial charge in [0.25, 0.3) is 5.91 Å². The molecule has 1 aromatic heterocycles. The van der Waals surface area contributed by atoms with E-state index in [1.165, 1.54) is 5.56 Å². The minimum Gasteiger partial charge on any atom is -0.342 e. The zero-order chi connectivity index (χ0) is 19.4. The van der Waals surface area contributed by atoms with Gasteiger partial charge in [-0.1, -0.05) is 45.0 Å². The third kappa shape index (κ3) is 4.72. The molecular weight excluding hydrogens is 354 g/mol. The monoisotopic (exact) mass is 381 g/mol. The zero-order valence-electron chi connectivity index (χ0n) is 16.4. The fourth-order valence-corrected chi connectivity index (χ4v) is 3.49. The van der Waals surface area contributed by atoms with Gasteiger partial charge >= 0.3 is 0 Å². The van der Waals surface area contributed by atoms with Crippen LogP contribution >= 0.6 is 11.8 Å². The molecular formula is C22H27N3OS. The van der Waals surface area contributed by atoms with Gasteiger partial charge in [0.05, 0.1) is 17.1 Å². The van der Waals surface area contributed by atoms with E-state index in [0.29, 0.717) is 5.56 Å². The van der Waals surface area contributed by atoms with Crippen molar-refractivity contribution >= 4 is 28.7 Å². The molecule has 0 aliphatic rings. The number of amides is 1. The number of fused-ring (bicyclic) bond motifs is 1. The number of H-pyrrole nitrogens is 1. The molecule has 1 unspecified atom stereocenters. The van der Waals surface area contributed by atoms with Crippen LogP contribution in [-0.2, 0) is 5.41 Å². The lowest BCUT2D eigenvalue weighted by atomic mass is 9.86. The molecule has 0 spiro atoms. The van der Waals surface area contributed by atoms with Crippen LogP contribution in [0.4, 0.5) is 0 Å². The van der Waals surface area contributed by atoms with Gasteiger partial charge in [0.15, 0.2) is 0 Å². The van der Waals surface area contributed by atoms with Crippen molar-refractivity contribution in [1.82, 2.24) is 15.3 Å². The summed E-state index contributed by atoms with van der Waals surface area (Å²) in [4.78, 5) is 20.8. The van der Waals surface area contributed by atoms with E-state index >= 15 is 0 Å². The molecule has 4 nitrogen and oxygen atoms in total. The molecule has 0 aliphatic heterocycles. The number of imidazole rings is 1. The van der Waals surface area contributed by atoms with Gasteiger partial charge in [0.2, 0.25) is 0 Å². The average Bonchev–Trinajstić information content (AvgIpc) is 3.08. The fourth-order valence-electron chi connectivity index (χ4n) is 3.01. The molecule has 5 heteroatoms. The lowest BCUT2D eigenvalue weighted by Gasteiger charge is -2.20. The second kappa shape index (κ2) is 8.17. The summed E-state index contributed by atoms with van der Waals surface area (Å²) in [6.07, 6.45) is 2.90. The number of rotatable bonds is 6. The summed E-state index contributed by atoms with van der Waals surface area (Å²) in [5.74, 6) is 1.69. The van der Waals surface area contributed by atoms with Crippen LogP contribution in [0.1, 0.15) is 55.0 Å². The summed E-state index contributed by atoms with van der Waals surface area (Å²) >= 11 is 1.77. The van der Waals surface area contributed by atoms with E-state index in [4.69, 9.17) is 0 Å². The number of aromatic amines is 1. The fraction of sp³-hybridized carbons (Fsp3) is 0.364.